The Morgan fingerprint density at radius 1 is 1.32 bits per heavy atom. The van der Waals surface area contributed by atoms with Crippen molar-refractivity contribution in [2.45, 2.75) is 12.3 Å². The minimum absolute atomic E-state index is 0.0434. The van der Waals surface area contributed by atoms with Crippen LogP contribution in [0, 0.1) is 0 Å². The Morgan fingerprint density at radius 2 is 2.20 bits per heavy atom. The number of pyridine rings is 1. The summed E-state index contributed by atoms with van der Waals surface area (Å²) in [6.07, 6.45) is 4.51. The predicted molar refractivity (Wildman–Crippen MR) is 94.8 cm³/mol. The first kappa shape index (κ1) is 15.6. The van der Waals surface area contributed by atoms with Crippen molar-refractivity contribution in [2.24, 2.45) is 7.05 Å². The molecule has 0 spiro atoms. The van der Waals surface area contributed by atoms with Gasteiger partial charge >= 0.3 is 0 Å². The monoisotopic (exact) mass is 336 g/mol. The van der Waals surface area contributed by atoms with Gasteiger partial charge in [-0.2, -0.15) is 0 Å². The molecule has 1 saturated heterocycles. The van der Waals surface area contributed by atoms with Crippen LogP contribution >= 0.6 is 0 Å². The number of likely N-dealkylation sites (tertiary alicyclic amines) is 1. The SMILES string of the molecule is COc1cccc(C(=O)N2CC[C@H](c3nc4ccncc4n3C)C2)c1. The molecule has 2 aromatic heterocycles. The fourth-order valence-corrected chi connectivity index (χ4v) is 3.51. The highest BCUT2D eigenvalue weighted by Gasteiger charge is 2.31. The topological polar surface area (TPSA) is 60.2 Å². The van der Waals surface area contributed by atoms with E-state index in [4.69, 9.17) is 9.72 Å². The molecule has 25 heavy (non-hydrogen) atoms. The molecular weight excluding hydrogens is 316 g/mol. The van der Waals surface area contributed by atoms with Crippen molar-refractivity contribution in [2.75, 3.05) is 20.2 Å². The number of methoxy groups -OCH3 is 1. The zero-order valence-corrected chi connectivity index (χ0v) is 14.3. The van der Waals surface area contributed by atoms with Gasteiger partial charge in [0.1, 0.15) is 11.6 Å². The molecule has 0 radical (unpaired) electrons. The lowest BCUT2D eigenvalue weighted by Gasteiger charge is -2.17. The summed E-state index contributed by atoms with van der Waals surface area (Å²) >= 11 is 0. The highest BCUT2D eigenvalue weighted by atomic mass is 16.5. The third-order valence-electron chi connectivity index (χ3n) is 4.88. The van der Waals surface area contributed by atoms with Crippen LogP contribution in [0.2, 0.25) is 0 Å². The lowest BCUT2D eigenvalue weighted by Crippen LogP contribution is -2.28. The summed E-state index contributed by atoms with van der Waals surface area (Å²) in [5, 5.41) is 0. The summed E-state index contributed by atoms with van der Waals surface area (Å²) in [5.74, 6) is 2.00. The van der Waals surface area contributed by atoms with Crippen LogP contribution < -0.4 is 4.74 Å². The smallest absolute Gasteiger partial charge is 0.254 e. The summed E-state index contributed by atoms with van der Waals surface area (Å²) in [6, 6.07) is 9.23. The lowest BCUT2D eigenvalue weighted by atomic mass is 10.1. The van der Waals surface area contributed by atoms with Crippen LogP contribution in [-0.4, -0.2) is 45.5 Å². The maximum Gasteiger partial charge on any atom is 0.254 e. The second kappa shape index (κ2) is 6.20. The van der Waals surface area contributed by atoms with Crippen LogP contribution in [-0.2, 0) is 7.05 Å². The standard InChI is InChI=1S/C19H20N4O2/c1-22-17-11-20-8-6-16(17)21-18(22)14-7-9-23(12-14)19(24)13-4-3-5-15(10-13)25-2/h3-6,8,10-11,14H,7,9,12H2,1-2H3/t14-/m0/s1. The van der Waals surface area contributed by atoms with E-state index in [9.17, 15) is 4.79 Å². The Bertz CT molecular complexity index is 934. The quantitative estimate of drug-likeness (QED) is 0.738. The number of hydrogen-bond donors (Lipinski definition) is 0. The van der Waals surface area contributed by atoms with Crippen LogP contribution in [0.3, 0.4) is 0 Å². The van der Waals surface area contributed by atoms with E-state index in [0.717, 1.165) is 29.8 Å². The molecule has 4 rings (SSSR count). The molecule has 1 fully saturated rings. The van der Waals surface area contributed by atoms with Gasteiger partial charge in [-0.3, -0.25) is 9.78 Å². The second-order valence-corrected chi connectivity index (χ2v) is 6.36. The number of nitrogens with zero attached hydrogens (tertiary/aromatic N) is 4. The van der Waals surface area contributed by atoms with Crippen molar-refractivity contribution in [3.8, 4) is 5.75 Å². The number of rotatable bonds is 3. The normalized spacial score (nSPS) is 17.2. The maximum absolute atomic E-state index is 12.8. The Hall–Kier alpha value is -2.89. The van der Waals surface area contributed by atoms with Gasteiger partial charge in [-0.05, 0) is 30.7 Å². The van der Waals surface area contributed by atoms with Gasteiger partial charge in [0.2, 0.25) is 0 Å². The molecule has 1 amide bonds. The van der Waals surface area contributed by atoms with Gasteiger partial charge in [0.15, 0.2) is 0 Å². The lowest BCUT2D eigenvalue weighted by molar-refractivity contribution is 0.0790. The summed E-state index contributed by atoms with van der Waals surface area (Å²) < 4.78 is 7.31. The minimum Gasteiger partial charge on any atom is -0.497 e. The molecule has 1 aromatic carbocycles. The average molecular weight is 336 g/mol. The molecule has 3 heterocycles. The molecule has 0 unspecified atom stereocenters. The van der Waals surface area contributed by atoms with Crippen molar-refractivity contribution in [3.63, 3.8) is 0 Å². The zero-order valence-electron chi connectivity index (χ0n) is 14.3. The first-order valence-electron chi connectivity index (χ1n) is 8.37. The van der Waals surface area contributed by atoms with Gasteiger partial charge in [-0.15, -0.1) is 0 Å². The van der Waals surface area contributed by atoms with Crippen molar-refractivity contribution in [3.05, 3.63) is 54.1 Å². The number of carbonyl (C=O) groups excluding carboxylic acids is 1. The fourth-order valence-electron chi connectivity index (χ4n) is 3.51. The van der Waals surface area contributed by atoms with Crippen LogP contribution in [0.25, 0.3) is 11.0 Å². The highest BCUT2D eigenvalue weighted by Crippen LogP contribution is 2.29. The molecule has 6 nitrogen and oxygen atoms in total. The molecule has 128 valence electrons. The molecule has 6 heteroatoms. The number of imidazole rings is 1. The third-order valence-corrected chi connectivity index (χ3v) is 4.88. The minimum atomic E-state index is 0.0434. The number of fused-ring (bicyclic) bond motifs is 1. The van der Waals surface area contributed by atoms with Crippen LogP contribution in [0.5, 0.6) is 5.75 Å². The molecular formula is C19H20N4O2. The highest BCUT2D eigenvalue weighted by molar-refractivity contribution is 5.94. The molecule has 0 N–H and O–H groups in total. The summed E-state index contributed by atoms with van der Waals surface area (Å²) in [7, 11) is 3.62. The van der Waals surface area contributed by atoms with Gasteiger partial charge in [-0.25, -0.2) is 4.98 Å². The van der Waals surface area contributed by atoms with Crippen molar-refractivity contribution < 1.29 is 9.53 Å². The summed E-state index contributed by atoms with van der Waals surface area (Å²) in [4.78, 5) is 23.6. The van der Waals surface area contributed by atoms with Crippen LogP contribution in [0.1, 0.15) is 28.5 Å². The van der Waals surface area contributed by atoms with E-state index in [1.807, 2.05) is 42.4 Å². The predicted octanol–water partition coefficient (Wildman–Crippen LogP) is 2.61. The molecule has 1 aliphatic heterocycles. The number of aromatic nitrogens is 3. The summed E-state index contributed by atoms with van der Waals surface area (Å²) in [5.41, 5.74) is 2.63. The van der Waals surface area contributed by atoms with E-state index < -0.39 is 0 Å². The second-order valence-electron chi connectivity index (χ2n) is 6.36. The van der Waals surface area contributed by atoms with Crippen LogP contribution in [0.15, 0.2) is 42.7 Å². The summed E-state index contributed by atoms with van der Waals surface area (Å²) in [6.45, 7) is 1.42. The van der Waals surface area contributed by atoms with E-state index in [0.29, 0.717) is 17.9 Å². The van der Waals surface area contributed by atoms with Crippen LogP contribution in [0.4, 0.5) is 0 Å². The maximum atomic E-state index is 12.8. The molecule has 1 atom stereocenters. The Balaban J connectivity index is 1.56. The molecule has 0 bridgehead atoms. The number of carbonyl (C=O) groups is 1. The van der Waals surface area contributed by atoms with Crippen molar-refractivity contribution >= 4 is 16.9 Å². The number of hydrogen-bond acceptors (Lipinski definition) is 4. The number of aryl methyl sites for hydroxylation is 1. The van der Waals surface area contributed by atoms with Crippen molar-refractivity contribution in [1.29, 1.82) is 0 Å². The zero-order chi connectivity index (χ0) is 17.4. The van der Waals surface area contributed by atoms with E-state index in [2.05, 4.69) is 9.55 Å². The average Bonchev–Trinajstić information content (AvgIpc) is 3.26. The fraction of sp³-hybridized carbons (Fsp3) is 0.316. The van der Waals surface area contributed by atoms with Gasteiger partial charge in [0, 0.05) is 37.8 Å². The van der Waals surface area contributed by atoms with E-state index in [1.165, 1.54) is 0 Å². The third kappa shape index (κ3) is 2.73. The number of benzene rings is 1. The van der Waals surface area contributed by atoms with E-state index in [1.54, 1.807) is 19.4 Å². The molecule has 3 aromatic rings. The first-order chi connectivity index (χ1) is 12.2. The van der Waals surface area contributed by atoms with Gasteiger partial charge in [-0.1, -0.05) is 6.07 Å². The largest absolute Gasteiger partial charge is 0.497 e. The van der Waals surface area contributed by atoms with Gasteiger partial charge in [0.05, 0.1) is 24.3 Å². The Kier molecular flexibility index (Phi) is 3.87. The molecule has 1 aliphatic rings. The number of amides is 1. The van der Waals surface area contributed by atoms with Crippen molar-refractivity contribution in [1.82, 2.24) is 19.4 Å². The van der Waals surface area contributed by atoms with Gasteiger partial charge < -0.3 is 14.2 Å². The Labute approximate surface area is 146 Å². The van der Waals surface area contributed by atoms with Gasteiger partial charge in [0.25, 0.3) is 5.91 Å². The molecule has 0 aliphatic carbocycles. The van der Waals surface area contributed by atoms with E-state index >= 15 is 0 Å². The first-order valence-corrected chi connectivity index (χ1v) is 8.37. The molecule has 0 saturated carbocycles. The number of ether oxygens (including phenoxy) is 1. The Morgan fingerprint density at radius 3 is 3.00 bits per heavy atom. The van der Waals surface area contributed by atoms with E-state index in [-0.39, 0.29) is 11.8 Å².